The molecule has 0 N–H and O–H groups in total. The fourth-order valence-electron chi connectivity index (χ4n) is 2.64. The van der Waals surface area contributed by atoms with Crippen LogP contribution in [0.2, 0.25) is 0 Å². The van der Waals surface area contributed by atoms with Crippen molar-refractivity contribution in [3.63, 3.8) is 0 Å². The maximum absolute atomic E-state index is 11.9. The Morgan fingerprint density at radius 3 is 2.18 bits per heavy atom. The Kier molecular flexibility index (Phi) is 2.53. The van der Waals surface area contributed by atoms with Gasteiger partial charge in [0.05, 0.1) is 11.1 Å². The summed E-state index contributed by atoms with van der Waals surface area (Å²) in [6, 6.07) is 9.80. The van der Waals surface area contributed by atoms with Crippen molar-refractivity contribution in [1.29, 1.82) is 0 Å². The molecule has 0 spiro atoms. The van der Waals surface area contributed by atoms with Gasteiger partial charge in [-0.15, -0.1) is 0 Å². The summed E-state index contributed by atoms with van der Waals surface area (Å²) in [5, 5.41) is 0. The van der Waals surface area contributed by atoms with Crippen LogP contribution < -0.4 is 4.74 Å². The van der Waals surface area contributed by atoms with Gasteiger partial charge >= 0.3 is 17.9 Å². The molecule has 2 aromatic carbocycles. The molecule has 0 bridgehead atoms. The summed E-state index contributed by atoms with van der Waals surface area (Å²) in [6.45, 7) is -0.193. The average molecular weight is 296 g/mol. The molecule has 2 aromatic rings. The summed E-state index contributed by atoms with van der Waals surface area (Å²) >= 11 is 0. The zero-order valence-electron chi connectivity index (χ0n) is 11.1. The lowest BCUT2D eigenvalue weighted by molar-refractivity contribution is 0.00512. The van der Waals surface area contributed by atoms with Crippen LogP contribution in [0.5, 0.6) is 5.75 Å². The van der Waals surface area contributed by atoms with Crippen molar-refractivity contribution in [2.75, 3.05) is 6.79 Å². The minimum atomic E-state index is -0.702. The highest BCUT2D eigenvalue weighted by Crippen LogP contribution is 2.39. The van der Waals surface area contributed by atoms with Crippen LogP contribution in [0.1, 0.15) is 31.1 Å². The zero-order valence-corrected chi connectivity index (χ0v) is 11.1. The predicted octanol–water partition coefficient (Wildman–Crippen LogP) is 2.17. The quantitative estimate of drug-likeness (QED) is 0.593. The van der Waals surface area contributed by atoms with E-state index in [4.69, 9.17) is 9.47 Å². The van der Waals surface area contributed by atoms with Gasteiger partial charge in [-0.2, -0.15) is 0 Å². The number of esters is 3. The predicted molar refractivity (Wildman–Crippen MR) is 72.5 cm³/mol. The maximum atomic E-state index is 11.9. The van der Waals surface area contributed by atoms with Gasteiger partial charge in [0.2, 0.25) is 6.79 Å². The Balaban J connectivity index is 1.99. The highest BCUT2D eigenvalue weighted by Gasteiger charge is 2.34. The number of cyclic esters (lactones) is 3. The number of fused-ring (bicyclic) bond motifs is 2. The first-order valence-electron chi connectivity index (χ1n) is 6.49. The van der Waals surface area contributed by atoms with E-state index in [9.17, 15) is 14.4 Å². The SMILES string of the molecule is O=C1OCOc2c1cccc2-c1cccc2c1C(=O)OC2=O. The summed E-state index contributed by atoms with van der Waals surface area (Å²) in [5.41, 5.74) is 1.69. The van der Waals surface area contributed by atoms with E-state index in [-0.39, 0.29) is 23.5 Å². The molecule has 0 saturated carbocycles. The van der Waals surface area contributed by atoms with Crippen LogP contribution in [0.25, 0.3) is 11.1 Å². The van der Waals surface area contributed by atoms with Crippen LogP contribution in [0.4, 0.5) is 0 Å². The second-order valence-electron chi connectivity index (χ2n) is 4.78. The smallest absolute Gasteiger partial charge is 0.347 e. The topological polar surface area (TPSA) is 78.9 Å². The minimum Gasteiger partial charge on any atom is -0.456 e. The Morgan fingerprint density at radius 2 is 1.36 bits per heavy atom. The molecule has 0 amide bonds. The monoisotopic (exact) mass is 296 g/mol. The molecule has 0 atom stereocenters. The van der Waals surface area contributed by atoms with Crippen LogP contribution in [-0.2, 0) is 9.47 Å². The third-order valence-corrected chi connectivity index (χ3v) is 3.59. The molecule has 2 aliphatic rings. The van der Waals surface area contributed by atoms with E-state index >= 15 is 0 Å². The maximum Gasteiger partial charge on any atom is 0.347 e. The van der Waals surface area contributed by atoms with Gasteiger partial charge in [-0.1, -0.05) is 24.3 Å². The second-order valence-corrected chi connectivity index (χ2v) is 4.78. The van der Waals surface area contributed by atoms with Crippen LogP contribution in [0, 0.1) is 0 Å². The Bertz CT molecular complexity index is 852. The molecule has 6 heteroatoms. The molecule has 22 heavy (non-hydrogen) atoms. The molecular formula is C16H8O6. The number of rotatable bonds is 1. The van der Waals surface area contributed by atoms with Gasteiger partial charge < -0.3 is 14.2 Å². The Hall–Kier alpha value is -3.15. The Labute approximate surface area is 124 Å². The third kappa shape index (κ3) is 1.64. The highest BCUT2D eigenvalue weighted by molar-refractivity contribution is 6.18. The molecule has 0 radical (unpaired) electrons. The van der Waals surface area contributed by atoms with Gasteiger partial charge in [0, 0.05) is 11.1 Å². The van der Waals surface area contributed by atoms with Gasteiger partial charge in [0.1, 0.15) is 11.3 Å². The van der Waals surface area contributed by atoms with E-state index in [2.05, 4.69) is 4.74 Å². The minimum absolute atomic E-state index is 0.184. The number of hydrogen-bond donors (Lipinski definition) is 0. The van der Waals surface area contributed by atoms with Crippen LogP contribution >= 0.6 is 0 Å². The first kappa shape index (κ1) is 12.6. The molecule has 0 aromatic heterocycles. The fourth-order valence-corrected chi connectivity index (χ4v) is 2.64. The summed E-state index contributed by atoms with van der Waals surface area (Å²) in [6.07, 6.45) is 0. The lowest BCUT2D eigenvalue weighted by atomic mass is 9.94. The number of carbonyl (C=O) groups excluding carboxylic acids is 3. The van der Waals surface area contributed by atoms with E-state index in [1.807, 2.05) is 0 Å². The van der Waals surface area contributed by atoms with Crippen molar-refractivity contribution in [3.8, 4) is 16.9 Å². The molecule has 6 nitrogen and oxygen atoms in total. The van der Waals surface area contributed by atoms with Crippen LogP contribution in [0.15, 0.2) is 36.4 Å². The standard InChI is InChI=1S/C16H8O6/c17-14-11-6-2-4-9(13(11)20-7-21-14)8-3-1-5-10-12(8)16(19)22-15(10)18/h1-6H,7H2. The van der Waals surface area contributed by atoms with Gasteiger partial charge in [0.15, 0.2) is 0 Å². The molecular weight excluding hydrogens is 288 g/mol. The number of benzene rings is 2. The van der Waals surface area contributed by atoms with E-state index < -0.39 is 17.9 Å². The lowest BCUT2D eigenvalue weighted by Crippen LogP contribution is -2.19. The van der Waals surface area contributed by atoms with Gasteiger partial charge in [-0.25, -0.2) is 14.4 Å². The normalized spacial score (nSPS) is 15.5. The number of para-hydroxylation sites is 1. The van der Waals surface area contributed by atoms with E-state index in [1.54, 1.807) is 30.3 Å². The molecule has 0 aliphatic carbocycles. The Morgan fingerprint density at radius 1 is 0.682 bits per heavy atom. The summed E-state index contributed by atoms with van der Waals surface area (Å²) in [4.78, 5) is 35.4. The van der Waals surface area contributed by atoms with E-state index in [0.29, 0.717) is 16.9 Å². The van der Waals surface area contributed by atoms with Crippen molar-refractivity contribution in [2.45, 2.75) is 0 Å². The summed E-state index contributed by atoms with van der Waals surface area (Å²) < 4.78 is 14.9. The van der Waals surface area contributed by atoms with Crippen molar-refractivity contribution in [3.05, 3.63) is 53.1 Å². The fraction of sp³-hybridized carbons (Fsp3) is 0.0625. The summed E-state index contributed by atoms with van der Waals surface area (Å²) in [5.74, 6) is -1.54. The largest absolute Gasteiger partial charge is 0.456 e. The van der Waals surface area contributed by atoms with Crippen molar-refractivity contribution >= 4 is 17.9 Å². The van der Waals surface area contributed by atoms with Gasteiger partial charge in [0.25, 0.3) is 0 Å². The lowest BCUT2D eigenvalue weighted by Gasteiger charge is -2.20. The molecule has 108 valence electrons. The van der Waals surface area contributed by atoms with Crippen LogP contribution in [-0.4, -0.2) is 24.7 Å². The molecule has 2 aliphatic heterocycles. The third-order valence-electron chi connectivity index (χ3n) is 3.59. The van der Waals surface area contributed by atoms with E-state index in [0.717, 1.165) is 0 Å². The zero-order chi connectivity index (χ0) is 15.3. The molecule has 0 unspecified atom stereocenters. The highest BCUT2D eigenvalue weighted by atomic mass is 16.7. The van der Waals surface area contributed by atoms with Crippen molar-refractivity contribution in [2.24, 2.45) is 0 Å². The molecule has 2 heterocycles. The number of ether oxygens (including phenoxy) is 3. The van der Waals surface area contributed by atoms with Gasteiger partial charge in [-0.05, 0) is 12.1 Å². The molecule has 0 saturated heterocycles. The van der Waals surface area contributed by atoms with Crippen LogP contribution in [0.3, 0.4) is 0 Å². The average Bonchev–Trinajstić information content (AvgIpc) is 2.82. The first-order valence-corrected chi connectivity index (χ1v) is 6.49. The summed E-state index contributed by atoms with van der Waals surface area (Å²) in [7, 11) is 0. The molecule has 0 fully saturated rings. The van der Waals surface area contributed by atoms with Gasteiger partial charge in [-0.3, -0.25) is 0 Å². The van der Waals surface area contributed by atoms with Crippen molar-refractivity contribution in [1.82, 2.24) is 0 Å². The number of carbonyl (C=O) groups is 3. The van der Waals surface area contributed by atoms with Crippen molar-refractivity contribution < 1.29 is 28.6 Å². The first-order chi connectivity index (χ1) is 10.7. The van der Waals surface area contributed by atoms with E-state index in [1.165, 1.54) is 6.07 Å². The second kappa shape index (κ2) is 4.42. The number of hydrogen-bond acceptors (Lipinski definition) is 6. The molecule has 4 rings (SSSR count).